The molecule has 0 fully saturated rings. The highest BCUT2D eigenvalue weighted by Crippen LogP contribution is 2.33. The summed E-state index contributed by atoms with van der Waals surface area (Å²) in [6.07, 6.45) is 1.81. The minimum absolute atomic E-state index is 0.0215. The van der Waals surface area contributed by atoms with Gasteiger partial charge in [0.2, 0.25) is 0 Å². The Morgan fingerprint density at radius 3 is 2.70 bits per heavy atom. The summed E-state index contributed by atoms with van der Waals surface area (Å²) < 4.78 is 32.1. The molecule has 0 radical (unpaired) electrons. The van der Waals surface area contributed by atoms with Crippen LogP contribution in [0.4, 0.5) is 8.78 Å². The lowest BCUT2D eigenvalue weighted by atomic mass is 10.0. The maximum Gasteiger partial charge on any atom is 0.341 e. The fourth-order valence-electron chi connectivity index (χ4n) is 3.55. The molecule has 1 aromatic heterocycles. The number of hydrogen-bond donors (Lipinski definition) is 1. The number of esters is 1. The smallest absolute Gasteiger partial charge is 0.341 e. The number of carbonyl (C=O) groups excluding carboxylic acids is 2. The highest BCUT2D eigenvalue weighted by Gasteiger charge is 2.28. The van der Waals surface area contributed by atoms with Crippen LogP contribution in [0.5, 0.6) is 0 Å². The maximum absolute atomic E-state index is 13.6. The lowest BCUT2D eigenvalue weighted by molar-refractivity contribution is -0.136. The summed E-state index contributed by atoms with van der Waals surface area (Å²) in [5, 5.41) is 1.39. The van der Waals surface area contributed by atoms with E-state index in [-0.39, 0.29) is 24.3 Å². The largest absolute Gasteiger partial charge is 0.462 e. The van der Waals surface area contributed by atoms with Crippen LogP contribution < -0.4 is 0 Å². The normalized spacial score (nSPS) is 13.6. The van der Waals surface area contributed by atoms with Gasteiger partial charge in [-0.05, 0) is 55.3 Å². The number of H-pyrrole nitrogens is 1. The zero-order valence-electron chi connectivity index (χ0n) is 16.0. The number of hydrogen-bond acceptors (Lipinski definition) is 3. The Morgan fingerprint density at radius 1 is 1.17 bits per heavy atom. The predicted molar refractivity (Wildman–Crippen MR) is 109 cm³/mol. The summed E-state index contributed by atoms with van der Waals surface area (Å²) in [5.74, 6) is -3.30. The number of aromatic amines is 1. The van der Waals surface area contributed by atoms with Crippen molar-refractivity contribution in [2.45, 2.75) is 13.3 Å². The van der Waals surface area contributed by atoms with Gasteiger partial charge in [0.1, 0.15) is 0 Å². The molecule has 2 heterocycles. The molecule has 0 spiro atoms. The average molecular weight is 431 g/mol. The van der Waals surface area contributed by atoms with Crippen LogP contribution in [0.15, 0.2) is 42.6 Å². The van der Waals surface area contributed by atoms with Crippen molar-refractivity contribution in [3.63, 3.8) is 0 Å². The number of carbonyl (C=O) groups is 2. The number of ether oxygens (including phenoxy) is 1. The first-order valence-corrected chi connectivity index (χ1v) is 9.72. The van der Waals surface area contributed by atoms with Crippen molar-refractivity contribution in [3.05, 3.63) is 76.1 Å². The number of rotatable bonds is 3. The Labute approximate surface area is 175 Å². The number of nitrogens with one attached hydrogen (secondary N) is 1. The number of halogens is 3. The molecule has 30 heavy (non-hydrogen) atoms. The number of benzene rings is 2. The second-order valence-corrected chi connectivity index (χ2v) is 7.25. The van der Waals surface area contributed by atoms with Crippen LogP contribution in [0.25, 0.3) is 16.5 Å². The van der Waals surface area contributed by atoms with E-state index in [2.05, 4.69) is 4.98 Å². The summed E-state index contributed by atoms with van der Waals surface area (Å²) in [6, 6.07) is 8.30. The molecule has 2 aromatic carbocycles. The minimum atomic E-state index is -1.11. The van der Waals surface area contributed by atoms with E-state index in [0.717, 1.165) is 28.6 Å². The highest BCUT2D eigenvalue weighted by molar-refractivity contribution is 6.31. The summed E-state index contributed by atoms with van der Waals surface area (Å²) in [5.41, 5.74) is 2.33. The quantitative estimate of drug-likeness (QED) is 0.612. The van der Waals surface area contributed by atoms with E-state index in [1.807, 2.05) is 6.07 Å². The number of amides is 1. The molecule has 5 nitrogen and oxygen atoms in total. The van der Waals surface area contributed by atoms with Crippen LogP contribution in [0.2, 0.25) is 5.02 Å². The first kappa shape index (κ1) is 20.1. The number of aromatic nitrogens is 1. The molecule has 1 N–H and O–H groups in total. The van der Waals surface area contributed by atoms with Gasteiger partial charge in [-0.15, -0.1) is 0 Å². The van der Waals surface area contributed by atoms with Gasteiger partial charge in [0.05, 0.1) is 17.9 Å². The lowest BCUT2D eigenvalue weighted by Crippen LogP contribution is -2.28. The van der Waals surface area contributed by atoms with Gasteiger partial charge >= 0.3 is 5.97 Å². The monoisotopic (exact) mass is 430 g/mol. The van der Waals surface area contributed by atoms with Crippen LogP contribution in [-0.4, -0.2) is 34.9 Å². The predicted octanol–water partition coefficient (Wildman–Crippen LogP) is 4.70. The number of fused-ring (bicyclic) bond motifs is 3. The minimum Gasteiger partial charge on any atom is -0.462 e. The molecule has 1 amide bonds. The highest BCUT2D eigenvalue weighted by atomic mass is 35.5. The van der Waals surface area contributed by atoms with Crippen molar-refractivity contribution in [3.8, 4) is 0 Å². The Hall–Kier alpha value is -3.19. The number of nitrogens with zero attached hydrogens (tertiary/aromatic N) is 1. The topological polar surface area (TPSA) is 62.4 Å². The van der Waals surface area contributed by atoms with Gasteiger partial charge in [0.15, 0.2) is 11.6 Å². The van der Waals surface area contributed by atoms with E-state index < -0.39 is 23.5 Å². The van der Waals surface area contributed by atoms with Gasteiger partial charge in [0.25, 0.3) is 5.91 Å². The molecule has 0 atom stereocenters. The Balaban J connectivity index is 1.80. The van der Waals surface area contributed by atoms with Crippen LogP contribution in [0.1, 0.15) is 28.5 Å². The average Bonchev–Trinajstić information content (AvgIpc) is 2.95. The van der Waals surface area contributed by atoms with Crippen LogP contribution in [-0.2, 0) is 16.0 Å². The van der Waals surface area contributed by atoms with Gasteiger partial charge in [-0.2, -0.15) is 0 Å². The summed E-state index contributed by atoms with van der Waals surface area (Å²) in [7, 11) is 0. The molecular formula is C22H17ClF2N2O3. The van der Waals surface area contributed by atoms with Crippen molar-refractivity contribution in [1.29, 1.82) is 0 Å². The first-order chi connectivity index (χ1) is 14.4. The van der Waals surface area contributed by atoms with Gasteiger partial charge in [-0.25, -0.2) is 13.6 Å². The van der Waals surface area contributed by atoms with Crippen molar-refractivity contribution >= 4 is 40.0 Å². The Bertz CT molecular complexity index is 1200. The van der Waals surface area contributed by atoms with Crippen LogP contribution in [0.3, 0.4) is 0 Å². The van der Waals surface area contributed by atoms with E-state index in [9.17, 15) is 18.4 Å². The maximum atomic E-state index is 13.6. The molecule has 0 unspecified atom stereocenters. The third-order valence-electron chi connectivity index (χ3n) is 4.95. The molecule has 0 aliphatic carbocycles. The van der Waals surface area contributed by atoms with Crippen molar-refractivity contribution in [1.82, 2.24) is 9.88 Å². The van der Waals surface area contributed by atoms with Gasteiger partial charge in [-0.3, -0.25) is 4.79 Å². The van der Waals surface area contributed by atoms with Gasteiger partial charge in [0, 0.05) is 34.2 Å². The van der Waals surface area contributed by atoms with E-state index in [4.69, 9.17) is 16.3 Å². The molecular weight excluding hydrogens is 414 g/mol. The summed E-state index contributed by atoms with van der Waals surface area (Å²) in [6.45, 7) is 2.08. The first-order valence-electron chi connectivity index (χ1n) is 9.34. The molecule has 0 saturated heterocycles. The van der Waals surface area contributed by atoms with Crippen LogP contribution in [0, 0.1) is 11.6 Å². The van der Waals surface area contributed by atoms with E-state index in [1.54, 1.807) is 19.1 Å². The van der Waals surface area contributed by atoms with Crippen molar-refractivity contribution in [2.24, 2.45) is 0 Å². The zero-order valence-corrected chi connectivity index (χ0v) is 16.7. The lowest BCUT2D eigenvalue weighted by Gasteiger charge is -2.18. The molecule has 4 rings (SSSR count). The standard InChI is InChI=1S/C22H17ClF2N2O3/c1-2-30-22(29)16-11-27(21(28)12-3-5-17(24)18(25)9-12)8-7-14-15-10-13(23)4-6-19(15)26-20(14)16/h3-6,9-11,26H,2,7-8H2,1H3. The van der Waals surface area contributed by atoms with Crippen LogP contribution >= 0.6 is 11.6 Å². The molecule has 3 aromatic rings. The molecule has 1 aliphatic heterocycles. The van der Waals surface area contributed by atoms with Gasteiger partial charge in [-0.1, -0.05) is 11.6 Å². The van der Waals surface area contributed by atoms with E-state index in [1.165, 1.54) is 17.2 Å². The molecule has 1 aliphatic rings. The second kappa shape index (κ2) is 7.91. The molecule has 154 valence electrons. The fourth-order valence-corrected chi connectivity index (χ4v) is 3.72. The second-order valence-electron chi connectivity index (χ2n) is 6.81. The fraction of sp³-hybridized carbons (Fsp3) is 0.182. The summed E-state index contributed by atoms with van der Waals surface area (Å²) >= 11 is 6.14. The van der Waals surface area contributed by atoms with Gasteiger partial charge < -0.3 is 14.6 Å². The molecule has 0 saturated carbocycles. The SMILES string of the molecule is CCOC(=O)C1=CN(C(=O)c2ccc(F)c(F)c2)CCc2c1[nH]c1ccc(Cl)cc21. The third-order valence-corrected chi connectivity index (χ3v) is 5.18. The zero-order chi connectivity index (χ0) is 21.4. The third kappa shape index (κ3) is 3.57. The summed E-state index contributed by atoms with van der Waals surface area (Å²) in [4.78, 5) is 30.1. The Morgan fingerprint density at radius 2 is 1.97 bits per heavy atom. The molecule has 8 heteroatoms. The van der Waals surface area contributed by atoms with E-state index in [0.29, 0.717) is 17.1 Å². The molecule has 0 bridgehead atoms. The van der Waals surface area contributed by atoms with E-state index >= 15 is 0 Å². The van der Waals surface area contributed by atoms with Crippen molar-refractivity contribution < 1.29 is 23.1 Å². The Kier molecular flexibility index (Phi) is 5.30. The van der Waals surface area contributed by atoms with Crippen molar-refractivity contribution in [2.75, 3.05) is 13.2 Å².